The number of nitrogens with two attached hydrogens (primary N) is 1. The molecule has 0 saturated carbocycles. The van der Waals surface area contributed by atoms with E-state index in [1.807, 2.05) is 17.0 Å². The SMILES string of the molecule is CCNS(=O)(=O)c1ccccc1N(CCCN)CCOC. The smallest absolute Gasteiger partial charge is 0.242 e. The summed E-state index contributed by atoms with van der Waals surface area (Å²) in [5.41, 5.74) is 6.25. The lowest BCUT2D eigenvalue weighted by atomic mass is 10.2. The number of ether oxygens (including phenoxy) is 1. The van der Waals surface area contributed by atoms with Crippen molar-refractivity contribution in [2.24, 2.45) is 5.73 Å². The third-order valence-electron chi connectivity index (χ3n) is 3.03. The molecule has 1 aromatic rings. The maximum absolute atomic E-state index is 12.3. The molecule has 0 aromatic heterocycles. The molecule has 120 valence electrons. The van der Waals surface area contributed by atoms with Crippen molar-refractivity contribution in [2.75, 3.05) is 44.8 Å². The van der Waals surface area contributed by atoms with Crippen molar-refractivity contribution < 1.29 is 13.2 Å². The Morgan fingerprint density at radius 2 is 2.00 bits per heavy atom. The Kier molecular flexibility index (Phi) is 7.66. The van der Waals surface area contributed by atoms with Gasteiger partial charge in [-0.2, -0.15) is 0 Å². The van der Waals surface area contributed by atoms with E-state index in [9.17, 15) is 8.42 Å². The molecule has 0 aliphatic rings. The molecular weight excluding hydrogens is 290 g/mol. The molecule has 0 aliphatic heterocycles. The molecule has 0 amide bonds. The van der Waals surface area contributed by atoms with Gasteiger partial charge in [0.15, 0.2) is 0 Å². The van der Waals surface area contributed by atoms with Crippen LogP contribution in [0.15, 0.2) is 29.2 Å². The first-order chi connectivity index (χ1) is 10.1. The lowest BCUT2D eigenvalue weighted by molar-refractivity contribution is 0.205. The summed E-state index contributed by atoms with van der Waals surface area (Å²) in [4.78, 5) is 2.29. The fourth-order valence-corrected chi connectivity index (χ4v) is 3.32. The van der Waals surface area contributed by atoms with Crippen LogP contribution < -0.4 is 15.4 Å². The largest absolute Gasteiger partial charge is 0.383 e. The van der Waals surface area contributed by atoms with Crippen LogP contribution in [-0.4, -0.2) is 48.3 Å². The molecule has 0 atom stereocenters. The molecule has 0 unspecified atom stereocenters. The molecule has 1 rings (SSSR count). The summed E-state index contributed by atoms with van der Waals surface area (Å²) in [5, 5.41) is 0. The molecule has 7 heteroatoms. The van der Waals surface area contributed by atoms with E-state index in [4.69, 9.17) is 10.5 Å². The van der Waals surface area contributed by atoms with Crippen molar-refractivity contribution in [3.05, 3.63) is 24.3 Å². The van der Waals surface area contributed by atoms with E-state index in [1.165, 1.54) is 0 Å². The molecule has 0 spiro atoms. The molecule has 0 heterocycles. The number of nitrogens with one attached hydrogen (secondary N) is 1. The first-order valence-corrected chi connectivity index (χ1v) is 8.57. The van der Waals surface area contributed by atoms with Crippen LogP contribution in [0.3, 0.4) is 0 Å². The molecule has 1 aromatic carbocycles. The first kappa shape index (κ1) is 17.9. The number of para-hydroxylation sites is 1. The summed E-state index contributed by atoms with van der Waals surface area (Å²) in [7, 11) is -1.87. The molecule has 6 nitrogen and oxygen atoms in total. The third kappa shape index (κ3) is 5.28. The van der Waals surface area contributed by atoms with Crippen LogP contribution in [0.4, 0.5) is 5.69 Å². The molecule has 3 N–H and O–H groups in total. The van der Waals surface area contributed by atoms with Gasteiger partial charge < -0.3 is 15.4 Å². The van der Waals surface area contributed by atoms with Crippen LogP contribution in [-0.2, 0) is 14.8 Å². The zero-order valence-electron chi connectivity index (χ0n) is 12.7. The van der Waals surface area contributed by atoms with Gasteiger partial charge in [0.1, 0.15) is 4.90 Å². The topological polar surface area (TPSA) is 84.7 Å². The van der Waals surface area contributed by atoms with E-state index in [-0.39, 0.29) is 0 Å². The summed E-state index contributed by atoms with van der Waals surface area (Å²) < 4.78 is 32.3. The summed E-state index contributed by atoms with van der Waals surface area (Å²) in [6.45, 7) is 4.52. The van der Waals surface area contributed by atoms with Gasteiger partial charge in [0.25, 0.3) is 0 Å². The third-order valence-corrected chi connectivity index (χ3v) is 4.62. The van der Waals surface area contributed by atoms with Gasteiger partial charge in [-0.1, -0.05) is 19.1 Å². The second-order valence-electron chi connectivity index (χ2n) is 4.59. The fraction of sp³-hybridized carbons (Fsp3) is 0.571. The molecule has 0 aliphatic carbocycles. The minimum Gasteiger partial charge on any atom is -0.383 e. The van der Waals surface area contributed by atoms with E-state index >= 15 is 0 Å². The second kappa shape index (κ2) is 8.99. The highest BCUT2D eigenvalue weighted by Crippen LogP contribution is 2.25. The van der Waals surface area contributed by atoms with Crippen molar-refractivity contribution in [3.8, 4) is 0 Å². The van der Waals surface area contributed by atoms with Crippen molar-refractivity contribution in [3.63, 3.8) is 0 Å². The van der Waals surface area contributed by atoms with Crippen molar-refractivity contribution in [1.29, 1.82) is 0 Å². The van der Waals surface area contributed by atoms with Crippen LogP contribution in [0, 0.1) is 0 Å². The number of sulfonamides is 1. The minimum absolute atomic E-state index is 0.292. The Balaban J connectivity index is 3.12. The lowest BCUT2D eigenvalue weighted by Crippen LogP contribution is -2.32. The standard InChI is InChI=1S/C14H25N3O3S/c1-3-16-21(18,19)14-8-5-4-7-13(14)17(10-6-9-15)11-12-20-2/h4-5,7-8,16H,3,6,9-12,15H2,1-2H3. The summed E-state index contributed by atoms with van der Waals surface area (Å²) >= 11 is 0. The van der Waals surface area contributed by atoms with Crippen LogP contribution in [0.5, 0.6) is 0 Å². The predicted octanol–water partition coefficient (Wildman–Crippen LogP) is 0.786. The monoisotopic (exact) mass is 315 g/mol. The number of anilines is 1. The molecule has 0 saturated heterocycles. The van der Waals surface area contributed by atoms with Crippen molar-refractivity contribution in [2.45, 2.75) is 18.2 Å². The minimum atomic E-state index is -3.50. The van der Waals surface area contributed by atoms with Gasteiger partial charge in [-0.05, 0) is 25.1 Å². The lowest BCUT2D eigenvalue weighted by Gasteiger charge is -2.26. The number of hydrogen-bond donors (Lipinski definition) is 2. The number of hydrogen-bond acceptors (Lipinski definition) is 5. The fourth-order valence-electron chi connectivity index (χ4n) is 2.05. The second-order valence-corrected chi connectivity index (χ2v) is 6.33. The van der Waals surface area contributed by atoms with Gasteiger partial charge in [-0.15, -0.1) is 0 Å². The molecule has 0 bridgehead atoms. The van der Waals surface area contributed by atoms with Crippen LogP contribution in [0.25, 0.3) is 0 Å². The Bertz CT molecular complexity index is 512. The summed E-state index contributed by atoms with van der Waals surface area (Å²) in [6, 6.07) is 7.00. The van der Waals surface area contributed by atoms with E-state index < -0.39 is 10.0 Å². The van der Waals surface area contributed by atoms with Gasteiger partial charge >= 0.3 is 0 Å². The van der Waals surface area contributed by atoms with Crippen molar-refractivity contribution in [1.82, 2.24) is 4.72 Å². The van der Waals surface area contributed by atoms with Crippen LogP contribution in [0.1, 0.15) is 13.3 Å². The Morgan fingerprint density at radius 3 is 2.62 bits per heavy atom. The van der Waals surface area contributed by atoms with Gasteiger partial charge in [-0.25, -0.2) is 13.1 Å². The zero-order chi connectivity index (χ0) is 15.7. The van der Waals surface area contributed by atoms with Crippen LogP contribution >= 0.6 is 0 Å². The Labute approximate surface area is 127 Å². The number of nitrogens with zero attached hydrogens (tertiary/aromatic N) is 1. The quantitative estimate of drug-likeness (QED) is 0.667. The zero-order valence-corrected chi connectivity index (χ0v) is 13.5. The van der Waals surface area contributed by atoms with E-state index in [0.717, 1.165) is 6.42 Å². The average molecular weight is 315 g/mol. The summed E-state index contributed by atoms with van der Waals surface area (Å²) in [6.07, 6.45) is 0.791. The van der Waals surface area contributed by atoms with E-state index in [0.29, 0.717) is 43.4 Å². The molecule has 0 fully saturated rings. The normalized spacial score (nSPS) is 11.6. The van der Waals surface area contributed by atoms with E-state index in [2.05, 4.69) is 4.72 Å². The van der Waals surface area contributed by atoms with Gasteiger partial charge in [-0.3, -0.25) is 0 Å². The van der Waals surface area contributed by atoms with Gasteiger partial charge in [0.2, 0.25) is 10.0 Å². The highest BCUT2D eigenvalue weighted by atomic mass is 32.2. The average Bonchev–Trinajstić information content (AvgIpc) is 2.47. The highest BCUT2D eigenvalue weighted by molar-refractivity contribution is 7.89. The van der Waals surface area contributed by atoms with Crippen LogP contribution in [0.2, 0.25) is 0 Å². The van der Waals surface area contributed by atoms with Gasteiger partial charge in [0, 0.05) is 26.7 Å². The summed E-state index contributed by atoms with van der Waals surface area (Å²) in [5.74, 6) is 0. The molecule has 21 heavy (non-hydrogen) atoms. The maximum Gasteiger partial charge on any atom is 0.242 e. The Hall–Kier alpha value is -1.15. The van der Waals surface area contributed by atoms with Crippen molar-refractivity contribution >= 4 is 15.7 Å². The number of rotatable bonds is 10. The number of methoxy groups -OCH3 is 1. The first-order valence-electron chi connectivity index (χ1n) is 7.09. The molecule has 0 radical (unpaired) electrons. The van der Waals surface area contributed by atoms with E-state index in [1.54, 1.807) is 26.2 Å². The molecular formula is C14H25N3O3S. The Morgan fingerprint density at radius 1 is 1.29 bits per heavy atom. The maximum atomic E-state index is 12.3. The van der Waals surface area contributed by atoms with Gasteiger partial charge in [0.05, 0.1) is 12.3 Å². The predicted molar refractivity (Wildman–Crippen MR) is 85.1 cm³/mol. The highest BCUT2D eigenvalue weighted by Gasteiger charge is 2.20. The number of benzene rings is 1.